The molecule has 2 aromatic rings. The number of anilines is 1. The smallest absolute Gasteiger partial charge is 0.256 e. The van der Waals surface area contributed by atoms with Crippen LogP contribution in [-0.2, 0) is 4.79 Å². The highest BCUT2D eigenvalue weighted by Crippen LogP contribution is 2.34. The zero-order chi connectivity index (χ0) is 21.5. The molecule has 0 spiro atoms. The number of rotatable bonds is 8. The fraction of sp³-hybridized carbons (Fsp3) is 0.364. The first kappa shape index (κ1) is 22.5. The van der Waals surface area contributed by atoms with Gasteiger partial charge in [0.05, 0.1) is 25.5 Å². The lowest BCUT2D eigenvalue weighted by atomic mass is 10.1. The van der Waals surface area contributed by atoms with E-state index in [9.17, 15) is 9.59 Å². The minimum absolute atomic E-state index is 0.104. The maximum atomic E-state index is 13.0. The number of halogens is 1. The molecule has 30 heavy (non-hydrogen) atoms. The zero-order valence-electron chi connectivity index (χ0n) is 17.1. The highest BCUT2D eigenvalue weighted by molar-refractivity contribution is 9.10. The molecule has 1 aliphatic rings. The molecule has 0 saturated carbocycles. The molecule has 0 unspecified atom stereocenters. The van der Waals surface area contributed by atoms with Crippen LogP contribution in [0.5, 0.6) is 11.5 Å². The first-order chi connectivity index (χ1) is 14.5. The summed E-state index contributed by atoms with van der Waals surface area (Å²) in [7, 11) is 3.06. The average Bonchev–Trinajstić information content (AvgIpc) is 3.29. The Hall–Kier alpha value is -2.19. The van der Waals surface area contributed by atoms with E-state index in [1.807, 2.05) is 24.3 Å². The SMILES string of the molecule is COc1cc(NC(=O)CCSc2ccc(Br)cc2)c(C(=O)N2CCCC2)cc1OC. The lowest BCUT2D eigenvalue weighted by Crippen LogP contribution is -2.29. The molecule has 8 heteroatoms. The molecule has 0 bridgehead atoms. The van der Waals surface area contributed by atoms with Crippen LogP contribution in [0.1, 0.15) is 29.6 Å². The molecule has 160 valence electrons. The van der Waals surface area contributed by atoms with Gasteiger partial charge in [-0.15, -0.1) is 11.8 Å². The monoisotopic (exact) mass is 492 g/mol. The molecule has 2 amide bonds. The summed E-state index contributed by atoms with van der Waals surface area (Å²) in [5.41, 5.74) is 0.867. The summed E-state index contributed by atoms with van der Waals surface area (Å²) in [4.78, 5) is 28.5. The van der Waals surface area contributed by atoms with Gasteiger partial charge >= 0.3 is 0 Å². The molecule has 1 aliphatic heterocycles. The number of nitrogens with zero attached hydrogens (tertiary/aromatic N) is 1. The van der Waals surface area contributed by atoms with E-state index in [2.05, 4.69) is 21.2 Å². The van der Waals surface area contributed by atoms with Crippen LogP contribution in [0.4, 0.5) is 5.69 Å². The second-order valence-corrected chi connectivity index (χ2v) is 8.94. The van der Waals surface area contributed by atoms with Crippen molar-refractivity contribution >= 4 is 45.2 Å². The van der Waals surface area contributed by atoms with E-state index < -0.39 is 0 Å². The molecule has 0 aromatic heterocycles. The molecule has 1 N–H and O–H groups in total. The number of hydrogen-bond acceptors (Lipinski definition) is 5. The first-order valence-corrected chi connectivity index (χ1v) is 11.5. The maximum Gasteiger partial charge on any atom is 0.256 e. The maximum absolute atomic E-state index is 13.0. The summed E-state index contributed by atoms with van der Waals surface area (Å²) >= 11 is 5.03. The Labute approximate surface area is 189 Å². The van der Waals surface area contributed by atoms with Gasteiger partial charge in [0.2, 0.25) is 5.91 Å². The van der Waals surface area contributed by atoms with Crippen LogP contribution in [0.3, 0.4) is 0 Å². The quantitative estimate of drug-likeness (QED) is 0.534. The Morgan fingerprint density at radius 2 is 1.70 bits per heavy atom. The van der Waals surface area contributed by atoms with Crippen molar-refractivity contribution in [1.29, 1.82) is 0 Å². The van der Waals surface area contributed by atoms with E-state index in [0.29, 0.717) is 34.9 Å². The Morgan fingerprint density at radius 1 is 1.07 bits per heavy atom. The number of benzene rings is 2. The second-order valence-electron chi connectivity index (χ2n) is 6.85. The van der Waals surface area contributed by atoms with Crippen LogP contribution < -0.4 is 14.8 Å². The number of thioether (sulfide) groups is 1. The third-order valence-corrected chi connectivity index (χ3v) is 6.38. The molecule has 3 rings (SSSR count). The van der Waals surface area contributed by atoms with Crippen LogP contribution in [0.25, 0.3) is 0 Å². The summed E-state index contributed by atoms with van der Waals surface area (Å²) in [6, 6.07) is 11.3. The van der Waals surface area contributed by atoms with Crippen molar-refractivity contribution in [2.75, 3.05) is 38.4 Å². The van der Waals surface area contributed by atoms with E-state index in [0.717, 1.165) is 35.3 Å². The predicted octanol–water partition coefficient (Wildman–Crippen LogP) is 4.82. The number of hydrogen-bond donors (Lipinski definition) is 1. The summed E-state index contributed by atoms with van der Waals surface area (Å²) in [6.07, 6.45) is 2.31. The number of likely N-dealkylation sites (tertiary alicyclic amines) is 1. The summed E-state index contributed by atoms with van der Waals surface area (Å²) < 4.78 is 11.7. The van der Waals surface area contributed by atoms with Crippen molar-refractivity contribution in [2.45, 2.75) is 24.2 Å². The number of amides is 2. The van der Waals surface area contributed by atoms with Gasteiger partial charge < -0.3 is 19.7 Å². The van der Waals surface area contributed by atoms with Crippen molar-refractivity contribution in [2.24, 2.45) is 0 Å². The molecular formula is C22H25BrN2O4S. The van der Waals surface area contributed by atoms with Crippen molar-refractivity contribution in [3.63, 3.8) is 0 Å². The van der Waals surface area contributed by atoms with Gasteiger partial charge in [-0.05, 0) is 43.2 Å². The largest absolute Gasteiger partial charge is 0.493 e. The fourth-order valence-electron chi connectivity index (χ4n) is 3.26. The van der Waals surface area contributed by atoms with Gasteiger partial charge in [0.1, 0.15) is 0 Å². The first-order valence-electron chi connectivity index (χ1n) is 9.75. The standard InChI is InChI=1S/C22H25BrN2O4S/c1-28-19-13-17(22(27)25-10-3-4-11-25)18(14-20(19)29-2)24-21(26)9-12-30-16-7-5-15(23)6-8-16/h5-8,13-14H,3-4,9-12H2,1-2H3,(H,24,26). The fourth-order valence-corrected chi connectivity index (χ4v) is 4.37. The third-order valence-electron chi connectivity index (χ3n) is 4.83. The number of ether oxygens (including phenoxy) is 2. The average molecular weight is 493 g/mol. The molecule has 1 fully saturated rings. The molecule has 1 heterocycles. The Morgan fingerprint density at radius 3 is 2.33 bits per heavy atom. The van der Waals surface area contributed by atoms with E-state index in [1.54, 1.807) is 28.8 Å². The van der Waals surface area contributed by atoms with Crippen molar-refractivity contribution < 1.29 is 19.1 Å². The van der Waals surface area contributed by atoms with Gasteiger partial charge in [0, 0.05) is 40.7 Å². The lowest BCUT2D eigenvalue weighted by molar-refractivity contribution is -0.115. The molecule has 2 aromatic carbocycles. The van der Waals surface area contributed by atoms with E-state index in [-0.39, 0.29) is 11.8 Å². The van der Waals surface area contributed by atoms with E-state index in [1.165, 1.54) is 14.2 Å². The van der Waals surface area contributed by atoms with Crippen LogP contribution in [-0.4, -0.2) is 49.8 Å². The molecule has 0 aliphatic carbocycles. The lowest BCUT2D eigenvalue weighted by Gasteiger charge is -2.20. The summed E-state index contributed by atoms with van der Waals surface area (Å²) in [5, 5.41) is 2.89. The molecule has 0 atom stereocenters. The van der Waals surface area contributed by atoms with Crippen molar-refractivity contribution in [3.8, 4) is 11.5 Å². The number of methoxy groups -OCH3 is 2. The van der Waals surface area contributed by atoms with Gasteiger partial charge in [-0.25, -0.2) is 0 Å². The predicted molar refractivity (Wildman–Crippen MR) is 123 cm³/mol. The molecule has 1 saturated heterocycles. The highest BCUT2D eigenvalue weighted by atomic mass is 79.9. The summed E-state index contributed by atoms with van der Waals surface area (Å²) in [6.45, 7) is 1.45. The van der Waals surface area contributed by atoms with Crippen LogP contribution in [0, 0.1) is 0 Å². The normalized spacial score (nSPS) is 13.2. The molecule has 0 radical (unpaired) electrons. The molecule has 6 nitrogen and oxygen atoms in total. The third kappa shape index (κ3) is 5.70. The minimum Gasteiger partial charge on any atom is -0.493 e. The Bertz CT molecular complexity index is 899. The van der Waals surface area contributed by atoms with Crippen LogP contribution in [0.15, 0.2) is 45.8 Å². The number of nitrogens with one attached hydrogen (secondary N) is 1. The van der Waals surface area contributed by atoms with E-state index in [4.69, 9.17) is 9.47 Å². The van der Waals surface area contributed by atoms with Gasteiger partial charge in [0.25, 0.3) is 5.91 Å². The van der Waals surface area contributed by atoms with Gasteiger partial charge in [-0.2, -0.15) is 0 Å². The number of carbonyl (C=O) groups excluding carboxylic acids is 2. The minimum atomic E-state index is -0.151. The second kappa shape index (κ2) is 10.7. The van der Waals surface area contributed by atoms with Crippen molar-refractivity contribution in [3.05, 3.63) is 46.4 Å². The highest BCUT2D eigenvalue weighted by Gasteiger charge is 2.25. The zero-order valence-corrected chi connectivity index (χ0v) is 19.5. The van der Waals surface area contributed by atoms with Crippen molar-refractivity contribution in [1.82, 2.24) is 4.90 Å². The van der Waals surface area contributed by atoms with Gasteiger partial charge in [-0.3, -0.25) is 9.59 Å². The molecular weight excluding hydrogens is 468 g/mol. The van der Waals surface area contributed by atoms with E-state index >= 15 is 0 Å². The van der Waals surface area contributed by atoms with Gasteiger partial charge in [-0.1, -0.05) is 15.9 Å². The topological polar surface area (TPSA) is 67.9 Å². The van der Waals surface area contributed by atoms with Crippen LogP contribution >= 0.6 is 27.7 Å². The Kier molecular flexibility index (Phi) is 8.04. The van der Waals surface area contributed by atoms with Crippen LogP contribution in [0.2, 0.25) is 0 Å². The Balaban J connectivity index is 1.71. The van der Waals surface area contributed by atoms with Gasteiger partial charge in [0.15, 0.2) is 11.5 Å². The number of carbonyl (C=O) groups is 2. The summed E-state index contributed by atoms with van der Waals surface area (Å²) in [5.74, 6) is 1.31.